The number of rotatable bonds is 5. The number of ether oxygens (including phenoxy) is 1. The van der Waals surface area contributed by atoms with E-state index in [-0.39, 0.29) is 38.5 Å². The summed E-state index contributed by atoms with van der Waals surface area (Å²) < 4.78 is 5.45. The fourth-order valence-electron chi connectivity index (χ4n) is 3.85. The van der Waals surface area contributed by atoms with Crippen molar-refractivity contribution < 1.29 is 19.1 Å². The molecule has 0 bridgehead atoms. The van der Waals surface area contributed by atoms with Crippen molar-refractivity contribution in [2.75, 3.05) is 41.7 Å². The molecule has 0 aliphatic carbocycles. The predicted molar refractivity (Wildman–Crippen MR) is 156 cm³/mol. The summed E-state index contributed by atoms with van der Waals surface area (Å²) in [5, 5.41) is 5.63. The maximum Gasteiger partial charge on any atom is 0.410 e. The molecule has 1 aliphatic heterocycles. The average molecular weight is 606 g/mol. The summed E-state index contributed by atoms with van der Waals surface area (Å²) in [4.78, 5) is 49.9. The number of carbonyl (C=O) groups is 3. The summed E-state index contributed by atoms with van der Waals surface area (Å²) in [6, 6.07) is 11.8. The molecule has 40 heavy (non-hydrogen) atoms. The minimum absolute atomic E-state index is 0.0187. The first-order valence-electron chi connectivity index (χ1n) is 12.3. The second-order valence-electron chi connectivity index (χ2n) is 9.90. The predicted octanol–water partition coefficient (Wildman–Crippen LogP) is 6.00. The largest absolute Gasteiger partial charge is 0.444 e. The van der Waals surface area contributed by atoms with Crippen LogP contribution in [0.3, 0.4) is 0 Å². The van der Waals surface area contributed by atoms with Crippen LogP contribution in [0.5, 0.6) is 0 Å². The molecule has 210 valence electrons. The van der Waals surface area contributed by atoms with E-state index in [2.05, 4.69) is 25.5 Å². The molecule has 0 spiro atoms. The van der Waals surface area contributed by atoms with Gasteiger partial charge in [-0.15, -0.1) is 0 Å². The van der Waals surface area contributed by atoms with Gasteiger partial charge in [0, 0.05) is 37.4 Å². The highest BCUT2D eigenvalue weighted by Gasteiger charge is 2.26. The highest BCUT2D eigenvalue weighted by molar-refractivity contribution is 6.40. The summed E-state index contributed by atoms with van der Waals surface area (Å²) in [7, 11) is 0. The number of hydrogen-bond donors (Lipinski definition) is 2. The lowest BCUT2D eigenvalue weighted by Crippen LogP contribution is -2.50. The first-order valence-corrected chi connectivity index (χ1v) is 13.5. The van der Waals surface area contributed by atoms with E-state index < -0.39 is 17.4 Å². The van der Waals surface area contributed by atoms with Gasteiger partial charge in [0.1, 0.15) is 5.60 Å². The van der Waals surface area contributed by atoms with E-state index in [1.807, 2.05) is 32.9 Å². The molecule has 2 aromatic carbocycles. The second-order valence-corrected chi connectivity index (χ2v) is 11.1. The Morgan fingerprint density at radius 1 is 0.850 bits per heavy atom. The van der Waals surface area contributed by atoms with Gasteiger partial charge >= 0.3 is 6.09 Å². The minimum Gasteiger partial charge on any atom is -0.444 e. The van der Waals surface area contributed by atoms with Crippen molar-refractivity contribution in [1.82, 2.24) is 14.9 Å². The Balaban J connectivity index is 1.37. The summed E-state index contributed by atoms with van der Waals surface area (Å²) in [5.41, 5.74) is 0.788. The van der Waals surface area contributed by atoms with Gasteiger partial charge in [0.25, 0.3) is 11.8 Å². The number of halogens is 3. The molecule has 3 amide bonds. The summed E-state index contributed by atoms with van der Waals surface area (Å²) >= 11 is 18.4. The summed E-state index contributed by atoms with van der Waals surface area (Å²) in [5.74, 6) is -1.25. The maximum atomic E-state index is 12.8. The molecule has 2 heterocycles. The molecule has 0 radical (unpaired) electrons. The Labute approximate surface area is 246 Å². The van der Waals surface area contributed by atoms with Gasteiger partial charge in [-0.1, -0.05) is 40.9 Å². The van der Waals surface area contributed by atoms with Crippen LogP contribution in [0, 0.1) is 0 Å². The standard InChI is InChI=1S/C27H27Cl3N6O4/c1-27(2,3)40-26(39)36-13-11-35(12-14-36)17-9-7-16(8-10-17)23(37)34-25-31-15-20(30)22(33-25)24(38)32-21-18(28)5-4-6-19(21)29/h4-10,15H,11-14H2,1-3H3,(H,32,38)(H,31,33,34,37). The van der Waals surface area contributed by atoms with Crippen molar-refractivity contribution in [2.45, 2.75) is 26.4 Å². The maximum absolute atomic E-state index is 12.8. The van der Waals surface area contributed by atoms with E-state index >= 15 is 0 Å². The SMILES string of the molecule is CC(C)(C)OC(=O)N1CCN(c2ccc(C(=O)Nc3ncc(Cl)c(C(=O)Nc4c(Cl)cccc4Cl)n3)cc2)CC1. The molecule has 2 N–H and O–H groups in total. The van der Waals surface area contributed by atoms with Gasteiger partial charge in [-0.25, -0.2) is 14.8 Å². The Kier molecular flexibility index (Phi) is 9.02. The van der Waals surface area contributed by atoms with Gasteiger partial charge < -0.3 is 19.9 Å². The number of amides is 3. The molecule has 1 fully saturated rings. The van der Waals surface area contributed by atoms with Gasteiger partial charge in [0.05, 0.1) is 27.0 Å². The van der Waals surface area contributed by atoms with Crippen molar-refractivity contribution in [3.8, 4) is 0 Å². The third-order valence-electron chi connectivity index (χ3n) is 5.81. The molecule has 0 unspecified atom stereocenters. The van der Waals surface area contributed by atoms with Crippen LogP contribution < -0.4 is 15.5 Å². The number of carbonyl (C=O) groups excluding carboxylic acids is 3. The second kappa shape index (κ2) is 12.3. The first-order chi connectivity index (χ1) is 18.9. The smallest absolute Gasteiger partial charge is 0.410 e. The van der Waals surface area contributed by atoms with Crippen molar-refractivity contribution >= 4 is 70.0 Å². The number of anilines is 3. The van der Waals surface area contributed by atoms with Gasteiger partial charge in [-0.2, -0.15) is 0 Å². The lowest BCUT2D eigenvalue weighted by atomic mass is 10.1. The Morgan fingerprint density at radius 2 is 1.48 bits per heavy atom. The quantitative estimate of drug-likeness (QED) is 0.366. The zero-order valence-electron chi connectivity index (χ0n) is 22.0. The zero-order valence-corrected chi connectivity index (χ0v) is 24.3. The summed E-state index contributed by atoms with van der Waals surface area (Å²) in [6.45, 7) is 7.85. The molecule has 1 saturated heterocycles. The monoisotopic (exact) mass is 604 g/mol. The molecule has 13 heteroatoms. The molecule has 0 saturated carbocycles. The van der Waals surface area contributed by atoms with E-state index in [4.69, 9.17) is 39.5 Å². The van der Waals surface area contributed by atoms with Gasteiger partial charge in [-0.3, -0.25) is 14.9 Å². The number of piperazine rings is 1. The average Bonchev–Trinajstić information content (AvgIpc) is 2.91. The molecule has 10 nitrogen and oxygen atoms in total. The van der Waals surface area contributed by atoms with Crippen LogP contribution in [0.4, 0.5) is 22.1 Å². The van der Waals surface area contributed by atoms with E-state index in [0.29, 0.717) is 31.7 Å². The van der Waals surface area contributed by atoms with Crippen LogP contribution in [-0.2, 0) is 4.74 Å². The van der Waals surface area contributed by atoms with Crippen LogP contribution >= 0.6 is 34.8 Å². The highest BCUT2D eigenvalue weighted by atomic mass is 35.5. The lowest BCUT2D eigenvalue weighted by Gasteiger charge is -2.36. The lowest BCUT2D eigenvalue weighted by molar-refractivity contribution is 0.0240. The molecule has 3 aromatic rings. The molecular weight excluding hydrogens is 579 g/mol. The number of aromatic nitrogens is 2. The van der Waals surface area contributed by atoms with Crippen molar-refractivity contribution in [3.05, 3.63) is 75.0 Å². The van der Waals surface area contributed by atoms with Crippen molar-refractivity contribution in [1.29, 1.82) is 0 Å². The molecular formula is C27H27Cl3N6O4. The number of benzene rings is 2. The third kappa shape index (κ3) is 7.32. The molecule has 0 atom stereocenters. The Hall–Kier alpha value is -3.60. The highest BCUT2D eigenvalue weighted by Crippen LogP contribution is 2.30. The minimum atomic E-state index is -0.672. The van der Waals surface area contributed by atoms with E-state index in [0.717, 1.165) is 5.69 Å². The van der Waals surface area contributed by atoms with Gasteiger partial charge in [-0.05, 0) is 57.2 Å². The number of para-hydroxylation sites is 1. The number of nitrogens with zero attached hydrogens (tertiary/aromatic N) is 4. The zero-order chi connectivity index (χ0) is 29.0. The first kappa shape index (κ1) is 29.4. The van der Waals surface area contributed by atoms with Crippen LogP contribution in [0.25, 0.3) is 0 Å². The van der Waals surface area contributed by atoms with Gasteiger partial charge in [0.2, 0.25) is 5.95 Å². The van der Waals surface area contributed by atoms with E-state index in [9.17, 15) is 14.4 Å². The van der Waals surface area contributed by atoms with Crippen LogP contribution in [0.2, 0.25) is 15.1 Å². The van der Waals surface area contributed by atoms with Crippen LogP contribution in [0.15, 0.2) is 48.7 Å². The molecule has 1 aromatic heterocycles. The summed E-state index contributed by atoms with van der Waals surface area (Å²) in [6.07, 6.45) is 0.893. The number of nitrogens with one attached hydrogen (secondary N) is 2. The topological polar surface area (TPSA) is 117 Å². The van der Waals surface area contributed by atoms with Crippen LogP contribution in [0.1, 0.15) is 41.6 Å². The van der Waals surface area contributed by atoms with Crippen LogP contribution in [-0.4, -0.2) is 64.6 Å². The fourth-order valence-corrected chi connectivity index (χ4v) is 4.52. The van der Waals surface area contributed by atoms with Crippen molar-refractivity contribution in [2.24, 2.45) is 0 Å². The Bertz CT molecular complexity index is 1400. The molecule has 4 rings (SSSR count). The normalized spacial score (nSPS) is 13.6. The molecule has 1 aliphatic rings. The van der Waals surface area contributed by atoms with E-state index in [1.54, 1.807) is 35.2 Å². The number of hydrogen-bond acceptors (Lipinski definition) is 7. The van der Waals surface area contributed by atoms with Gasteiger partial charge in [0.15, 0.2) is 5.69 Å². The van der Waals surface area contributed by atoms with Crippen molar-refractivity contribution in [3.63, 3.8) is 0 Å². The third-order valence-corrected chi connectivity index (χ3v) is 6.72. The fraction of sp³-hybridized carbons (Fsp3) is 0.296. The Morgan fingerprint density at radius 3 is 2.08 bits per heavy atom. The van der Waals surface area contributed by atoms with E-state index in [1.165, 1.54) is 6.20 Å².